The minimum absolute atomic E-state index is 0.0640. The summed E-state index contributed by atoms with van der Waals surface area (Å²) in [6, 6.07) is 0. The molecule has 0 rings (SSSR count). The van der Waals surface area contributed by atoms with Crippen LogP contribution in [0.5, 0.6) is 0 Å². The molecular formula is C46H88O6. The van der Waals surface area contributed by atoms with Gasteiger partial charge in [-0.15, -0.1) is 0 Å². The molecule has 2 atom stereocenters. The molecule has 52 heavy (non-hydrogen) atoms. The number of carbonyl (C=O) groups excluding carboxylic acids is 3. The molecule has 0 heterocycles. The Morgan fingerprint density at radius 3 is 1.00 bits per heavy atom. The molecule has 0 aliphatic rings. The van der Waals surface area contributed by atoms with Crippen molar-refractivity contribution in [3.8, 4) is 0 Å². The second-order valence-electron chi connectivity index (χ2n) is 15.9. The van der Waals surface area contributed by atoms with Crippen molar-refractivity contribution in [3.05, 3.63) is 0 Å². The lowest BCUT2D eigenvalue weighted by Crippen LogP contribution is -2.30. The molecule has 0 saturated carbocycles. The highest BCUT2D eigenvalue weighted by Gasteiger charge is 2.19. The van der Waals surface area contributed by atoms with Crippen LogP contribution < -0.4 is 0 Å². The summed E-state index contributed by atoms with van der Waals surface area (Å²) in [5.74, 6) is 0.0134. The van der Waals surface area contributed by atoms with Gasteiger partial charge in [-0.1, -0.05) is 214 Å². The fourth-order valence-corrected chi connectivity index (χ4v) is 6.77. The lowest BCUT2D eigenvalue weighted by atomic mass is 9.99. The molecule has 0 aromatic carbocycles. The number of rotatable bonds is 41. The second kappa shape index (κ2) is 40.6. The Morgan fingerprint density at radius 1 is 0.385 bits per heavy atom. The third-order valence-corrected chi connectivity index (χ3v) is 10.7. The first-order chi connectivity index (χ1) is 25.4. The van der Waals surface area contributed by atoms with Gasteiger partial charge < -0.3 is 14.2 Å². The number of hydrogen-bond acceptors (Lipinski definition) is 6. The van der Waals surface area contributed by atoms with E-state index in [-0.39, 0.29) is 31.1 Å². The van der Waals surface area contributed by atoms with Crippen LogP contribution in [0.15, 0.2) is 0 Å². The minimum atomic E-state index is -0.758. The maximum Gasteiger partial charge on any atom is 0.306 e. The summed E-state index contributed by atoms with van der Waals surface area (Å²) < 4.78 is 16.7. The second-order valence-corrected chi connectivity index (χ2v) is 15.9. The fraction of sp³-hybridized carbons (Fsp3) is 0.935. The molecule has 0 bridgehead atoms. The van der Waals surface area contributed by atoms with E-state index >= 15 is 0 Å². The van der Waals surface area contributed by atoms with Gasteiger partial charge in [-0.05, 0) is 25.2 Å². The van der Waals surface area contributed by atoms with Crippen molar-refractivity contribution in [1.29, 1.82) is 0 Å². The summed E-state index contributed by atoms with van der Waals surface area (Å²) in [7, 11) is 0. The van der Waals surface area contributed by atoms with Gasteiger partial charge in [-0.3, -0.25) is 14.4 Å². The van der Waals surface area contributed by atoms with E-state index in [0.29, 0.717) is 19.3 Å². The van der Waals surface area contributed by atoms with Crippen molar-refractivity contribution in [2.24, 2.45) is 5.92 Å². The number of unbranched alkanes of at least 4 members (excludes halogenated alkanes) is 27. The molecule has 0 saturated heterocycles. The number of esters is 3. The standard InChI is InChI=1S/C46H88O6/c1-5-8-10-12-14-16-21-25-29-33-37-44(47)50-40-43(52-46(49)39-35-31-27-22-17-15-13-11-9-6-2)41-51-45(48)38-34-30-26-23-19-18-20-24-28-32-36-42(4)7-3/h42-43H,5-41H2,1-4H3/t42?,43-/m1/s1. The molecule has 1 unspecified atom stereocenters. The van der Waals surface area contributed by atoms with Crippen molar-refractivity contribution in [1.82, 2.24) is 0 Å². The first-order valence-corrected chi connectivity index (χ1v) is 22.9. The number of ether oxygens (including phenoxy) is 3. The van der Waals surface area contributed by atoms with E-state index in [0.717, 1.165) is 63.7 Å². The highest BCUT2D eigenvalue weighted by molar-refractivity contribution is 5.71. The summed E-state index contributed by atoms with van der Waals surface area (Å²) in [5, 5.41) is 0. The van der Waals surface area contributed by atoms with Crippen LogP contribution in [0, 0.1) is 5.92 Å². The predicted molar refractivity (Wildman–Crippen MR) is 220 cm³/mol. The highest BCUT2D eigenvalue weighted by Crippen LogP contribution is 2.17. The van der Waals surface area contributed by atoms with Crippen molar-refractivity contribution in [2.75, 3.05) is 13.2 Å². The van der Waals surface area contributed by atoms with Gasteiger partial charge in [-0.25, -0.2) is 0 Å². The highest BCUT2D eigenvalue weighted by atomic mass is 16.6. The van der Waals surface area contributed by atoms with Gasteiger partial charge in [0.05, 0.1) is 0 Å². The third kappa shape index (κ3) is 38.1. The fourth-order valence-electron chi connectivity index (χ4n) is 6.77. The molecular weight excluding hydrogens is 648 g/mol. The topological polar surface area (TPSA) is 78.9 Å². The number of hydrogen-bond donors (Lipinski definition) is 0. The molecule has 0 N–H and O–H groups in total. The van der Waals surface area contributed by atoms with Crippen LogP contribution in [0.4, 0.5) is 0 Å². The molecule has 0 spiro atoms. The van der Waals surface area contributed by atoms with Crippen LogP contribution in [-0.4, -0.2) is 37.2 Å². The molecule has 308 valence electrons. The van der Waals surface area contributed by atoms with E-state index in [2.05, 4.69) is 27.7 Å². The summed E-state index contributed by atoms with van der Waals surface area (Å²) in [6.07, 6.45) is 39.3. The molecule has 0 aromatic rings. The van der Waals surface area contributed by atoms with E-state index in [1.807, 2.05) is 0 Å². The van der Waals surface area contributed by atoms with Crippen LogP contribution >= 0.6 is 0 Å². The molecule has 0 aliphatic carbocycles. The minimum Gasteiger partial charge on any atom is -0.462 e. The van der Waals surface area contributed by atoms with Crippen molar-refractivity contribution >= 4 is 17.9 Å². The lowest BCUT2D eigenvalue weighted by Gasteiger charge is -2.18. The molecule has 6 heteroatoms. The molecule has 0 amide bonds. The van der Waals surface area contributed by atoms with Gasteiger partial charge >= 0.3 is 17.9 Å². The van der Waals surface area contributed by atoms with Gasteiger partial charge in [0.1, 0.15) is 13.2 Å². The average Bonchev–Trinajstić information content (AvgIpc) is 3.14. The molecule has 0 aliphatic heterocycles. The van der Waals surface area contributed by atoms with Gasteiger partial charge in [-0.2, -0.15) is 0 Å². The quantitative estimate of drug-likeness (QED) is 0.0353. The van der Waals surface area contributed by atoms with Crippen molar-refractivity contribution in [2.45, 2.75) is 259 Å². The Bertz CT molecular complexity index is 783. The van der Waals surface area contributed by atoms with E-state index in [4.69, 9.17) is 14.2 Å². The maximum absolute atomic E-state index is 12.7. The smallest absolute Gasteiger partial charge is 0.306 e. The van der Waals surface area contributed by atoms with Gasteiger partial charge in [0.15, 0.2) is 6.10 Å². The Kier molecular flexibility index (Phi) is 39.4. The van der Waals surface area contributed by atoms with Crippen molar-refractivity contribution < 1.29 is 28.6 Å². The van der Waals surface area contributed by atoms with Gasteiger partial charge in [0.2, 0.25) is 0 Å². The van der Waals surface area contributed by atoms with E-state index in [1.165, 1.54) is 148 Å². The molecule has 0 radical (unpaired) electrons. The lowest BCUT2D eigenvalue weighted by molar-refractivity contribution is -0.167. The Labute approximate surface area is 323 Å². The largest absolute Gasteiger partial charge is 0.462 e. The van der Waals surface area contributed by atoms with Crippen LogP contribution in [0.3, 0.4) is 0 Å². The SMILES string of the molecule is CCCCCCCCCCCCC(=O)OC[C@H](COC(=O)CCCCCCCCCCCCC(C)CC)OC(=O)CCCCCCCCCCCC. The van der Waals surface area contributed by atoms with E-state index in [9.17, 15) is 14.4 Å². The van der Waals surface area contributed by atoms with Gasteiger partial charge in [0, 0.05) is 19.3 Å². The Hall–Kier alpha value is -1.59. The van der Waals surface area contributed by atoms with Crippen LogP contribution in [0.1, 0.15) is 252 Å². The maximum atomic E-state index is 12.7. The summed E-state index contributed by atoms with van der Waals surface area (Å²) >= 11 is 0. The van der Waals surface area contributed by atoms with Crippen molar-refractivity contribution in [3.63, 3.8) is 0 Å². The van der Waals surface area contributed by atoms with Crippen LogP contribution in [0.2, 0.25) is 0 Å². The zero-order chi connectivity index (χ0) is 38.2. The van der Waals surface area contributed by atoms with Gasteiger partial charge in [0.25, 0.3) is 0 Å². The Balaban J connectivity index is 4.31. The predicted octanol–water partition coefficient (Wildman–Crippen LogP) is 14.3. The van der Waals surface area contributed by atoms with E-state index in [1.54, 1.807) is 0 Å². The summed E-state index contributed by atoms with van der Waals surface area (Å²) in [6.45, 7) is 9.00. The Morgan fingerprint density at radius 2 is 0.673 bits per heavy atom. The molecule has 0 fully saturated rings. The zero-order valence-corrected chi connectivity index (χ0v) is 35.3. The number of carbonyl (C=O) groups is 3. The summed E-state index contributed by atoms with van der Waals surface area (Å²) in [5.41, 5.74) is 0. The first-order valence-electron chi connectivity index (χ1n) is 22.9. The third-order valence-electron chi connectivity index (χ3n) is 10.7. The zero-order valence-electron chi connectivity index (χ0n) is 35.3. The average molecular weight is 737 g/mol. The molecule has 6 nitrogen and oxygen atoms in total. The van der Waals surface area contributed by atoms with Crippen LogP contribution in [0.25, 0.3) is 0 Å². The van der Waals surface area contributed by atoms with E-state index < -0.39 is 6.10 Å². The normalized spacial score (nSPS) is 12.5. The summed E-state index contributed by atoms with van der Waals surface area (Å²) in [4.78, 5) is 37.6. The molecule has 0 aromatic heterocycles. The first kappa shape index (κ1) is 50.4. The van der Waals surface area contributed by atoms with Crippen LogP contribution in [-0.2, 0) is 28.6 Å². The monoisotopic (exact) mass is 737 g/mol.